The molecule has 0 spiro atoms. The summed E-state index contributed by atoms with van der Waals surface area (Å²) in [7, 11) is 2.30. The third kappa shape index (κ3) is 3.69. The van der Waals surface area contributed by atoms with Crippen molar-refractivity contribution in [2.24, 2.45) is 11.7 Å². The maximum Gasteiger partial charge on any atom is 0.0285 e. The van der Waals surface area contributed by atoms with Crippen LogP contribution in [0.1, 0.15) is 64.7 Å². The summed E-state index contributed by atoms with van der Waals surface area (Å²) in [5.74, 6) is 0.827. The van der Waals surface area contributed by atoms with E-state index in [1.807, 2.05) is 0 Å². The average molecular weight is 238 g/mol. The molecule has 2 N–H and O–H groups in total. The zero-order chi connectivity index (χ0) is 12.3. The standard InChI is InChI=1S/C15H30N2/c1-13-7-6-10-15(16,11-13)12-17(2)14-8-4-3-5-9-14/h13-14H,3-12,16H2,1-2H3. The van der Waals surface area contributed by atoms with Crippen LogP contribution in [0.25, 0.3) is 0 Å². The Hall–Kier alpha value is -0.0800. The van der Waals surface area contributed by atoms with Crippen molar-refractivity contribution in [2.75, 3.05) is 13.6 Å². The van der Waals surface area contributed by atoms with Crippen LogP contribution >= 0.6 is 0 Å². The van der Waals surface area contributed by atoms with Gasteiger partial charge in [-0.1, -0.05) is 39.0 Å². The van der Waals surface area contributed by atoms with Crippen molar-refractivity contribution in [3.63, 3.8) is 0 Å². The van der Waals surface area contributed by atoms with Crippen LogP contribution < -0.4 is 5.73 Å². The summed E-state index contributed by atoms with van der Waals surface area (Å²) >= 11 is 0. The predicted octanol–water partition coefficient (Wildman–Crippen LogP) is 3.16. The van der Waals surface area contributed by atoms with Gasteiger partial charge in [0.1, 0.15) is 0 Å². The van der Waals surface area contributed by atoms with Crippen molar-refractivity contribution in [3.8, 4) is 0 Å². The van der Waals surface area contributed by atoms with Crippen molar-refractivity contribution in [1.29, 1.82) is 0 Å². The quantitative estimate of drug-likeness (QED) is 0.818. The molecule has 100 valence electrons. The van der Waals surface area contributed by atoms with Crippen LogP contribution in [0.5, 0.6) is 0 Å². The Kier molecular flexibility index (Phi) is 4.48. The summed E-state index contributed by atoms with van der Waals surface area (Å²) in [6.45, 7) is 3.48. The van der Waals surface area contributed by atoms with E-state index < -0.39 is 0 Å². The van der Waals surface area contributed by atoms with E-state index in [0.29, 0.717) is 0 Å². The number of rotatable bonds is 3. The number of likely N-dealkylation sites (N-methyl/N-ethyl adjacent to an activating group) is 1. The third-order valence-electron chi connectivity index (χ3n) is 4.89. The minimum absolute atomic E-state index is 0.101. The molecule has 2 fully saturated rings. The van der Waals surface area contributed by atoms with Crippen LogP contribution in [0.15, 0.2) is 0 Å². The van der Waals surface area contributed by atoms with Gasteiger partial charge in [0.2, 0.25) is 0 Å². The van der Waals surface area contributed by atoms with Crippen molar-refractivity contribution in [3.05, 3.63) is 0 Å². The van der Waals surface area contributed by atoms with Gasteiger partial charge in [-0.05, 0) is 38.6 Å². The average Bonchev–Trinajstić information content (AvgIpc) is 2.29. The molecule has 2 aliphatic rings. The Balaban J connectivity index is 1.85. The van der Waals surface area contributed by atoms with E-state index in [-0.39, 0.29) is 5.54 Å². The molecule has 2 aliphatic carbocycles. The van der Waals surface area contributed by atoms with Crippen LogP contribution in [-0.2, 0) is 0 Å². The Bertz CT molecular complexity index is 235. The summed E-state index contributed by atoms with van der Waals surface area (Å²) in [6, 6.07) is 0.807. The van der Waals surface area contributed by atoms with Crippen LogP contribution in [0.2, 0.25) is 0 Å². The largest absolute Gasteiger partial charge is 0.324 e. The lowest BCUT2D eigenvalue weighted by Crippen LogP contribution is -2.54. The van der Waals surface area contributed by atoms with E-state index in [2.05, 4.69) is 18.9 Å². The molecule has 0 bridgehead atoms. The van der Waals surface area contributed by atoms with Crippen molar-refractivity contribution < 1.29 is 0 Å². The lowest BCUT2D eigenvalue weighted by molar-refractivity contribution is 0.119. The molecule has 0 aromatic carbocycles. The molecule has 17 heavy (non-hydrogen) atoms. The van der Waals surface area contributed by atoms with Crippen LogP contribution in [-0.4, -0.2) is 30.1 Å². The van der Waals surface area contributed by atoms with Gasteiger partial charge in [-0.15, -0.1) is 0 Å². The molecule has 2 nitrogen and oxygen atoms in total. The van der Waals surface area contributed by atoms with Crippen molar-refractivity contribution >= 4 is 0 Å². The summed E-state index contributed by atoms with van der Waals surface area (Å²) in [5, 5.41) is 0. The first-order chi connectivity index (χ1) is 8.09. The highest BCUT2D eigenvalue weighted by Gasteiger charge is 2.33. The maximum absolute atomic E-state index is 6.62. The zero-order valence-corrected chi connectivity index (χ0v) is 11.8. The van der Waals surface area contributed by atoms with Gasteiger partial charge in [-0.2, -0.15) is 0 Å². The lowest BCUT2D eigenvalue weighted by Gasteiger charge is -2.42. The molecule has 0 aromatic heterocycles. The van der Waals surface area contributed by atoms with Gasteiger partial charge in [0, 0.05) is 18.1 Å². The number of hydrogen-bond donors (Lipinski definition) is 1. The fourth-order valence-corrected chi connectivity index (χ4v) is 3.99. The maximum atomic E-state index is 6.62. The van der Waals surface area contributed by atoms with Gasteiger partial charge < -0.3 is 10.6 Å². The minimum atomic E-state index is 0.101. The normalized spacial score (nSPS) is 36.4. The second-order valence-electron chi connectivity index (χ2n) is 6.77. The second kappa shape index (κ2) is 5.71. The van der Waals surface area contributed by atoms with Gasteiger partial charge >= 0.3 is 0 Å². The van der Waals surface area contributed by atoms with Crippen molar-refractivity contribution in [1.82, 2.24) is 4.90 Å². The molecule has 2 rings (SSSR count). The number of hydrogen-bond acceptors (Lipinski definition) is 2. The molecular formula is C15H30N2. The SMILES string of the molecule is CC1CCCC(N)(CN(C)C2CCCCC2)C1. The van der Waals surface area contributed by atoms with E-state index in [9.17, 15) is 0 Å². The number of nitrogens with zero attached hydrogens (tertiary/aromatic N) is 1. The molecule has 2 saturated carbocycles. The Morgan fingerprint density at radius 2 is 1.82 bits per heavy atom. The van der Waals surface area contributed by atoms with Gasteiger partial charge in [-0.25, -0.2) is 0 Å². The fraction of sp³-hybridized carbons (Fsp3) is 1.00. The Labute approximate surface area is 107 Å². The molecular weight excluding hydrogens is 208 g/mol. The molecule has 2 unspecified atom stereocenters. The fourth-order valence-electron chi connectivity index (χ4n) is 3.99. The molecule has 2 heteroatoms. The van der Waals surface area contributed by atoms with Gasteiger partial charge in [0.15, 0.2) is 0 Å². The predicted molar refractivity (Wildman–Crippen MR) is 74.1 cm³/mol. The summed E-state index contributed by atoms with van der Waals surface area (Å²) in [4.78, 5) is 2.57. The van der Waals surface area contributed by atoms with E-state index in [1.165, 1.54) is 57.8 Å². The van der Waals surface area contributed by atoms with Crippen molar-refractivity contribution in [2.45, 2.75) is 76.3 Å². The van der Waals surface area contributed by atoms with Gasteiger partial charge in [0.25, 0.3) is 0 Å². The van der Waals surface area contributed by atoms with Crippen LogP contribution in [0.4, 0.5) is 0 Å². The number of nitrogens with two attached hydrogens (primary N) is 1. The Morgan fingerprint density at radius 3 is 2.47 bits per heavy atom. The molecule has 0 amide bonds. The first-order valence-electron chi connectivity index (χ1n) is 7.58. The van der Waals surface area contributed by atoms with E-state index in [1.54, 1.807) is 0 Å². The van der Waals surface area contributed by atoms with Gasteiger partial charge in [0.05, 0.1) is 0 Å². The molecule has 2 atom stereocenters. The monoisotopic (exact) mass is 238 g/mol. The van der Waals surface area contributed by atoms with Crippen LogP contribution in [0, 0.1) is 5.92 Å². The molecule has 0 aliphatic heterocycles. The molecule has 0 radical (unpaired) electrons. The first-order valence-corrected chi connectivity index (χ1v) is 7.58. The zero-order valence-electron chi connectivity index (χ0n) is 11.8. The molecule has 0 heterocycles. The van der Waals surface area contributed by atoms with E-state index in [0.717, 1.165) is 18.5 Å². The van der Waals surface area contributed by atoms with E-state index >= 15 is 0 Å². The smallest absolute Gasteiger partial charge is 0.0285 e. The summed E-state index contributed by atoms with van der Waals surface area (Å²) in [5.41, 5.74) is 6.72. The topological polar surface area (TPSA) is 29.3 Å². The summed E-state index contributed by atoms with van der Waals surface area (Å²) < 4.78 is 0. The lowest BCUT2D eigenvalue weighted by atomic mass is 9.76. The Morgan fingerprint density at radius 1 is 1.12 bits per heavy atom. The van der Waals surface area contributed by atoms with E-state index in [4.69, 9.17) is 5.73 Å². The third-order valence-corrected chi connectivity index (χ3v) is 4.89. The molecule has 0 aromatic rings. The van der Waals surface area contributed by atoms with Gasteiger partial charge in [-0.3, -0.25) is 0 Å². The molecule has 0 saturated heterocycles. The summed E-state index contributed by atoms with van der Waals surface area (Å²) in [6.07, 6.45) is 12.2. The highest BCUT2D eigenvalue weighted by molar-refractivity contribution is 4.93. The highest BCUT2D eigenvalue weighted by atomic mass is 15.2. The minimum Gasteiger partial charge on any atom is -0.324 e. The first kappa shape index (κ1) is 13.4. The highest BCUT2D eigenvalue weighted by Crippen LogP contribution is 2.32. The van der Waals surface area contributed by atoms with Crippen LogP contribution in [0.3, 0.4) is 0 Å². The second-order valence-corrected chi connectivity index (χ2v) is 6.77.